The third kappa shape index (κ3) is 6.72. The molecule has 8 nitrogen and oxygen atoms in total. The summed E-state index contributed by atoms with van der Waals surface area (Å²) >= 11 is -1.82. The second-order valence-electron chi connectivity index (χ2n) is 8.81. The van der Waals surface area contributed by atoms with E-state index in [1.807, 2.05) is 6.07 Å². The summed E-state index contributed by atoms with van der Waals surface area (Å²) in [6.07, 6.45) is 1.88. The molecule has 2 aromatic heterocycles. The Bertz CT molecular complexity index is 1360. The summed E-state index contributed by atoms with van der Waals surface area (Å²) in [6.45, 7) is 2.02. The van der Waals surface area contributed by atoms with Gasteiger partial charge in [0.15, 0.2) is 0 Å². The first-order valence-corrected chi connectivity index (χ1v) is 13.7. The number of methoxy groups -OCH3 is 1. The Hall–Kier alpha value is -3.39. The minimum absolute atomic E-state index is 0.101. The van der Waals surface area contributed by atoms with Crippen LogP contribution in [0.2, 0.25) is 0 Å². The van der Waals surface area contributed by atoms with Crippen molar-refractivity contribution in [3.05, 3.63) is 47.7 Å². The van der Waals surface area contributed by atoms with Crippen LogP contribution in [0.15, 0.2) is 36.4 Å². The topological polar surface area (TPSA) is 82.9 Å². The summed E-state index contributed by atoms with van der Waals surface area (Å²) in [4.78, 5) is 14.2. The second kappa shape index (κ2) is 12.0. The standard InChI is InChI=1S/C26H29F3N6O2Se/c1-30-25(36)17-9-10-22(37-3)20(16-17)31-13-5-6-19-24(38-26(27,28)29)21-7-4-8-23(35(21)33-19)32-18-11-14-34(2)15-12-18/h4,7-10,16,18,31-32H,11-15H2,1-3H3,(H,30,36). The number of hydrogen-bond donors (Lipinski definition) is 3. The van der Waals surface area contributed by atoms with Crippen molar-refractivity contribution in [3.63, 3.8) is 0 Å². The molecule has 0 bridgehead atoms. The van der Waals surface area contributed by atoms with E-state index in [1.165, 1.54) is 18.7 Å². The van der Waals surface area contributed by atoms with Crippen molar-refractivity contribution in [1.82, 2.24) is 19.8 Å². The van der Waals surface area contributed by atoms with Crippen LogP contribution >= 0.6 is 0 Å². The Balaban J connectivity index is 1.60. The summed E-state index contributed by atoms with van der Waals surface area (Å²) < 4.78 is 47.5. The summed E-state index contributed by atoms with van der Waals surface area (Å²) in [5.41, 5.74) is 1.48. The number of carbonyl (C=O) groups excluding carboxylic acids is 1. The molecule has 1 amide bonds. The molecule has 3 aromatic rings. The van der Waals surface area contributed by atoms with Gasteiger partial charge in [0.05, 0.1) is 0 Å². The van der Waals surface area contributed by atoms with E-state index in [1.54, 1.807) is 30.3 Å². The summed E-state index contributed by atoms with van der Waals surface area (Å²) in [5, 5.41) is 9.23. The molecule has 3 N–H and O–H groups in total. The van der Waals surface area contributed by atoms with Gasteiger partial charge in [-0.15, -0.1) is 0 Å². The van der Waals surface area contributed by atoms with Crippen molar-refractivity contribution in [2.24, 2.45) is 0 Å². The van der Waals surface area contributed by atoms with Gasteiger partial charge in [0.25, 0.3) is 0 Å². The Kier molecular flexibility index (Phi) is 8.72. The number of alkyl halides is 3. The Morgan fingerprint density at radius 3 is 2.68 bits per heavy atom. The first-order valence-electron chi connectivity index (χ1n) is 12.0. The van der Waals surface area contributed by atoms with Crippen LogP contribution < -0.4 is 25.1 Å². The number of anilines is 2. The maximum absolute atomic E-state index is 13.5. The van der Waals surface area contributed by atoms with Gasteiger partial charge in [0.2, 0.25) is 0 Å². The third-order valence-corrected chi connectivity index (χ3v) is 7.92. The number of hydrogen-bond acceptors (Lipinski definition) is 6. The van der Waals surface area contributed by atoms with Crippen LogP contribution in [0.4, 0.5) is 24.7 Å². The van der Waals surface area contributed by atoms with E-state index in [9.17, 15) is 18.0 Å². The molecule has 1 aliphatic rings. The van der Waals surface area contributed by atoms with E-state index in [0.717, 1.165) is 25.9 Å². The zero-order chi connectivity index (χ0) is 27.3. The summed E-state index contributed by atoms with van der Waals surface area (Å²) in [5.74, 6) is 6.62. The number of nitrogens with zero attached hydrogens (tertiary/aromatic N) is 3. The number of carbonyl (C=O) groups is 1. The van der Waals surface area contributed by atoms with Crippen LogP contribution in [-0.2, 0) is 0 Å². The fraction of sp³-hybridized carbons (Fsp3) is 0.385. The van der Waals surface area contributed by atoms with Crippen molar-refractivity contribution in [2.45, 2.75) is 24.0 Å². The molecule has 1 saturated heterocycles. The first kappa shape index (κ1) is 27.6. The molecule has 0 atom stereocenters. The van der Waals surface area contributed by atoms with Crippen LogP contribution in [0.5, 0.6) is 5.75 Å². The fourth-order valence-corrected chi connectivity index (χ4v) is 5.64. The van der Waals surface area contributed by atoms with Gasteiger partial charge in [-0.2, -0.15) is 0 Å². The molecular weight excluding hydrogens is 564 g/mol. The van der Waals surface area contributed by atoms with Gasteiger partial charge in [0, 0.05) is 0 Å². The van der Waals surface area contributed by atoms with Gasteiger partial charge in [0.1, 0.15) is 0 Å². The molecule has 1 fully saturated rings. The van der Waals surface area contributed by atoms with E-state index >= 15 is 0 Å². The molecule has 0 radical (unpaired) electrons. The first-order chi connectivity index (χ1) is 18.2. The Labute approximate surface area is 225 Å². The molecule has 0 unspecified atom stereocenters. The molecule has 4 rings (SSSR count). The van der Waals surface area contributed by atoms with Crippen LogP contribution in [-0.4, -0.2) is 87.3 Å². The number of nitrogens with one attached hydrogen (secondary N) is 3. The third-order valence-electron chi connectivity index (χ3n) is 6.16. The monoisotopic (exact) mass is 594 g/mol. The van der Waals surface area contributed by atoms with Crippen molar-refractivity contribution in [1.29, 1.82) is 0 Å². The van der Waals surface area contributed by atoms with Gasteiger partial charge in [-0.25, -0.2) is 0 Å². The molecule has 12 heteroatoms. The zero-order valence-electron chi connectivity index (χ0n) is 21.3. The second-order valence-corrected chi connectivity index (χ2v) is 11.1. The number of ether oxygens (including phenoxy) is 1. The molecule has 3 heterocycles. The number of pyridine rings is 1. The molecule has 202 valence electrons. The summed E-state index contributed by atoms with van der Waals surface area (Å²) in [6, 6.07) is 10.4. The number of fused-ring (bicyclic) bond motifs is 1. The Morgan fingerprint density at radius 2 is 2.00 bits per heavy atom. The van der Waals surface area contributed by atoms with Crippen molar-refractivity contribution >= 4 is 42.3 Å². The minimum atomic E-state index is -4.35. The fourth-order valence-electron chi connectivity index (χ4n) is 4.22. The number of halogens is 3. The number of benzene rings is 1. The van der Waals surface area contributed by atoms with E-state index < -0.39 is 20.0 Å². The maximum atomic E-state index is 13.5. The molecule has 0 aliphatic carbocycles. The number of likely N-dealkylation sites (tertiary alicyclic amines) is 1. The van der Waals surface area contributed by atoms with Crippen LogP contribution in [0.1, 0.15) is 28.9 Å². The molecule has 38 heavy (non-hydrogen) atoms. The Morgan fingerprint density at radius 1 is 1.24 bits per heavy atom. The van der Waals surface area contributed by atoms with E-state index in [2.05, 4.69) is 44.8 Å². The summed E-state index contributed by atoms with van der Waals surface area (Å²) in [7, 11) is 5.12. The molecule has 1 aliphatic heterocycles. The van der Waals surface area contributed by atoms with E-state index in [4.69, 9.17) is 4.74 Å². The van der Waals surface area contributed by atoms with Gasteiger partial charge < -0.3 is 0 Å². The number of amides is 1. The molecule has 0 saturated carbocycles. The number of aromatic nitrogens is 2. The quantitative estimate of drug-likeness (QED) is 0.289. The predicted octanol–water partition coefficient (Wildman–Crippen LogP) is 2.52. The van der Waals surface area contributed by atoms with Crippen LogP contribution in [0.25, 0.3) is 5.52 Å². The average Bonchev–Trinajstić information content (AvgIpc) is 3.24. The number of rotatable bonds is 7. The van der Waals surface area contributed by atoms with E-state index in [0.29, 0.717) is 28.3 Å². The van der Waals surface area contributed by atoms with Gasteiger partial charge in [-0.3, -0.25) is 0 Å². The van der Waals surface area contributed by atoms with Gasteiger partial charge in [-0.05, 0) is 0 Å². The zero-order valence-corrected chi connectivity index (χ0v) is 23.0. The number of piperidine rings is 1. The van der Waals surface area contributed by atoms with Crippen molar-refractivity contribution in [3.8, 4) is 17.6 Å². The van der Waals surface area contributed by atoms with Crippen molar-refractivity contribution < 1.29 is 22.7 Å². The average molecular weight is 594 g/mol. The van der Waals surface area contributed by atoms with Crippen LogP contribution in [0, 0.1) is 11.8 Å². The van der Waals surface area contributed by atoms with Gasteiger partial charge >= 0.3 is 226 Å². The molecular formula is C26H29F3N6O2Se. The molecule has 0 spiro atoms. The van der Waals surface area contributed by atoms with E-state index in [-0.39, 0.29) is 28.6 Å². The van der Waals surface area contributed by atoms with Crippen LogP contribution in [0.3, 0.4) is 0 Å². The van der Waals surface area contributed by atoms with Gasteiger partial charge in [-0.1, -0.05) is 0 Å². The SMILES string of the molecule is CNC(=O)c1ccc(OC)c(NCC#Cc2nn3c(NC4CCN(C)CC4)cccc3c2[Se]C(F)(F)F)c1. The predicted molar refractivity (Wildman–Crippen MR) is 143 cm³/mol. The normalized spacial score (nSPS) is 14.6. The van der Waals surface area contributed by atoms with Crippen molar-refractivity contribution in [2.75, 3.05) is 51.5 Å². The molecule has 1 aromatic carbocycles.